The molecule has 0 aromatic rings. The van der Waals surface area contributed by atoms with E-state index >= 15 is 0 Å². The van der Waals surface area contributed by atoms with Gasteiger partial charge in [0.15, 0.2) is 0 Å². The molecule has 3 N–H and O–H groups in total. The maximum atomic E-state index is 10.6. The molecular formula is C9H18N2OS. The summed E-state index contributed by atoms with van der Waals surface area (Å²) in [5.74, 6) is 2.04. The van der Waals surface area contributed by atoms with E-state index in [0.717, 1.165) is 5.75 Å². The second-order valence-corrected chi connectivity index (χ2v) is 5.36. The molecule has 1 aliphatic rings. The van der Waals surface area contributed by atoms with Crippen LogP contribution in [0.15, 0.2) is 0 Å². The number of nitrogens with one attached hydrogen (secondary N) is 1. The van der Waals surface area contributed by atoms with Gasteiger partial charge >= 0.3 is 0 Å². The summed E-state index contributed by atoms with van der Waals surface area (Å²) < 4.78 is 0. The van der Waals surface area contributed by atoms with Gasteiger partial charge in [0.25, 0.3) is 0 Å². The van der Waals surface area contributed by atoms with Crippen molar-refractivity contribution in [1.29, 1.82) is 0 Å². The number of rotatable bonds is 3. The van der Waals surface area contributed by atoms with Crippen LogP contribution in [0.25, 0.3) is 0 Å². The van der Waals surface area contributed by atoms with Crippen molar-refractivity contribution in [3.8, 4) is 0 Å². The van der Waals surface area contributed by atoms with E-state index in [2.05, 4.69) is 19.2 Å². The molecule has 1 aliphatic heterocycles. The molecule has 1 fully saturated rings. The van der Waals surface area contributed by atoms with Crippen molar-refractivity contribution in [3.63, 3.8) is 0 Å². The third-order valence-corrected chi connectivity index (χ3v) is 3.70. The summed E-state index contributed by atoms with van der Waals surface area (Å²) >= 11 is 1.94. The first-order valence-corrected chi connectivity index (χ1v) is 5.77. The molecule has 1 rings (SSSR count). The van der Waals surface area contributed by atoms with Gasteiger partial charge in [0, 0.05) is 11.8 Å². The highest BCUT2D eigenvalue weighted by Gasteiger charge is 2.32. The zero-order valence-electron chi connectivity index (χ0n) is 8.30. The summed E-state index contributed by atoms with van der Waals surface area (Å²) in [6, 6.07) is 0.416. The Bertz CT molecular complexity index is 194. The van der Waals surface area contributed by atoms with Crippen LogP contribution in [0, 0.1) is 5.41 Å². The highest BCUT2D eigenvalue weighted by Crippen LogP contribution is 2.33. The van der Waals surface area contributed by atoms with Crippen molar-refractivity contribution in [2.45, 2.75) is 26.3 Å². The van der Waals surface area contributed by atoms with Gasteiger partial charge in [-0.05, 0) is 17.6 Å². The average Bonchev–Trinajstić information content (AvgIpc) is 2.01. The summed E-state index contributed by atoms with van der Waals surface area (Å²) in [5, 5.41) is 3.22. The van der Waals surface area contributed by atoms with E-state index in [0.29, 0.717) is 18.0 Å². The first kappa shape index (κ1) is 10.9. The van der Waals surface area contributed by atoms with Crippen molar-refractivity contribution in [1.82, 2.24) is 5.32 Å². The van der Waals surface area contributed by atoms with Crippen LogP contribution in [-0.4, -0.2) is 30.0 Å². The normalized spacial score (nSPS) is 27.1. The van der Waals surface area contributed by atoms with Gasteiger partial charge in [-0.25, -0.2) is 0 Å². The highest BCUT2D eigenvalue weighted by molar-refractivity contribution is 7.99. The first-order chi connectivity index (χ1) is 6.02. The topological polar surface area (TPSA) is 55.1 Å². The number of nitrogens with two attached hydrogens (primary N) is 1. The third kappa shape index (κ3) is 3.19. The molecule has 4 heteroatoms. The van der Waals surface area contributed by atoms with Crippen LogP contribution in [0.4, 0.5) is 0 Å². The van der Waals surface area contributed by atoms with Crippen LogP contribution in [-0.2, 0) is 4.79 Å². The zero-order chi connectivity index (χ0) is 9.90. The van der Waals surface area contributed by atoms with E-state index in [1.165, 1.54) is 12.2 Å². The molecule has 76 valence electrons. The number of carbonyl (C=O) groups excluding carboxylic acids is 1. The van der Waals surface area contributed by atoms with E-state index in [9.17, 15) is 4.79 Å². The standard InChI is InChI=1S/C9H18N2OS/c1-9(2)3-4-13-6-7(9)11-5-8(10)12/h7,11H,3-6H2,1-2H3,(H2,10,12). The summed E-state index contributed by atoms with van der Waals surface area (Å²) in [6.07, 6.45) is 1.20. The Kier molecular flexibility index (Phi) is 3.62. The SMILES string of the molecule is CC1(C)CCSCC1NCC(N)=O. The summed E-state index contributed by atoms with van der Waals surface area (Å²) in [6.45, 7) is 4.78. The van der Waals surface area contributed by atoms with Gasteiger partial charge in [0.1, 0.15) is 0 Å². The van der Waals surface area contributed by atoms with Crippen LogP contribution in [0.3, 0.4) is 0 Å². The molecule has 1 unspecified atom stereocenters. The fourth-order valence-corrected chi connectivity index (χ4v) is 3.14. The number of thioether (sulfide) groups is 1. The number of hydrogen-bond donors (Lipinski definition) is 2. The van der Waals surface area contributed by atoms with Gasteiger partial charge in [-0.1, -0.05) is 13.8 Å². The molecule has 0 bridgehead atoms. The molecule has 0 aromatic heterocycles. The molecule has 1 saturated heterocycles. The fraction of sp³-hybridized carbons (Fsp3) is 0.889. The average molecular weight is 202 g/mol. The molecule has 0 aliphatic carbocycles. The quantitative estimate of drug-likeness (QED) is 0.704. The molecule has 13 heavy (non-hydrogen) atoms. The van der Waals surface area contributed by atoms with Crippen LogP contribution in [0.2, 0.25) is 0 Å². The summed E-state index contributed by atoms with van der Waals surface area (Å²) in [5.41, 5.74) is 5.38. The molecule has 0 aromatic carbocycles. The number of hydrogen-bond acceptors (Lipinski definition) is 3. The van der Waals surface area contributed by atoms with Crippen molar-refractivity contribution < 1.29 is 4.79 Å². The maximum Gasteiger partial charge on any atom is 0.231 e. The Morgan fingerprint density at radius 3 is 2.92 bits per heavy atom. The molecule has 1 heterocycles. The van der Waals surface area contributed by atoms with Crippen molar-refractivity contribution in [2.75, 3.05) is 18.1 Å². The smallest absolute Gasteiger partial charge is 0.231 e. The minimum atomic E-state index is -0.272. The Morgan fingerprint density at radius 2 is 2.38 bits per heavy atom. The van der Waals surface area contributed by atoms with E-state index in [1.54, 1.807) is 0 Å². The van der Waals surface area contributed by atoms with Crippen molar-refractivity contribution >= 4 is 17.7 Å². The van der Waals surface area contributed by atoms with Gasteiger partial charge < -0.3 is 11.1 Å². The van der Waals surface area contributed by atoms with Gasteiger partial charge in [-0.15, -0.1) is 0 Å². The maximum absolute atomic E-state index is 10.6. The fourth-order valence-electron chi connectivity index (χ4n) is 1.50. The Hall–Kier alpha value is -0.220. The molecule has 0 radical (unpaired) electrons. The minimum Gasteiger partial charge on any atom is -0.369 e. The summed E-state index contributed by atoms with van der Waals surface area (Å²) in [4.78, 5) is 10.6. The Morgan fingerprint density at radius 1 is 1.69 bits per heavy atom. The lowest BCUT2D eigenvalue weighted by atomic mass is 9.82. The third-order valence-electron chi connectivity index (χ3n) is 2.64. The highest BCUT2D eigenvalue weighted by atomic mass is 32.2. The summed E-state index contributed by atoms with van der Waals surface area (Å²) in [7, 11) is 0. The monoisotopic (exact) mass is 202 g/mol. The predicted octanol–water partition coefficient (Wildman–Crippen LogP) is 0.593. The Balaban J connectivity index is 2.41. The lowest BCUT2D eigenvalue weighted by Crippen LogP contribution is -2.49. The van der Waals surface area contributed by atoms with Crippen LogP contribution in [0.1, 0.15) is 20.3 Å². The first-order valence-electron chi connectivity index (χ1n) is 4.62. The number of carbonyl (C=O) groups is 1. The molecule has 1 atom stereocenters. The van der Waals surface area contributed by atoms with Crippen LogP contribution < -0.4 is 11.1 Å². The molecule has 0 saturated carbocycles. The lowest BCUT2D eigenvalue weighted by Gasteiger charge is -2.38. The molecule has 3 nitrogen and oxygen atoms in total. The predicted molar refractivity (Wildman–Crippen MR) is 56.7 cm³/mol. The van der Waals surface area contributed by atoms with E-state index in [-0.39, 0.29) is 5.91 Å². The van der Waals surface area contributed by atoms with Crippen LogP contribution >= 0.6 is 11.8 Å². The van der Waals surface area contributed by atoms with Crippen LogP contribution in [0.5, 0.6) is 0 Å². The minimum absolute atomic E-state index is 0.272. The van der Waals surface area contributed by atoms with Crippen molar-refractivity contribution in [2.24, 2.45) is 11.1 Å². The molecule has 1 amide bonds. The molecule has 0 spiro atoms. The van der Waals surface area contributed by atoms with E-state index in [4.69, 9.17) is 5.73 Å². The largest absolute Gasteiger partial charge is 0.369 e. The second-order valence-electron chi connectivity index (χ2n) is 4.21. The van der Waals surface area contributed by atoms with Gasteiger partial charge in [-0.2, -0.15) is 11.8 Å². The number of primary amides is 1. The van der Waals surface area contributed by atoms with Gasteiger partial charge in [0.2, 0.25) is 5.91 Å². The Labute approximate surface area is 83.8 Å². The van der Waals surface area contributed by atoms with Gasteiger partial charge in [-0.3, -0.25) is 4.79 Å². The second kappa shape index (κ2) is 4.33. The lowest BCUT2D eigenvalue weighted by molar-refractivity contribution is -0.117. The van der Waals surface area contributed by atoms with Crippen molar-refractivity contribution in [3.05, 3.63) is 0 Å². The van der Waals surface area contributed by atoms with E-state index in [1.807, 2.05) is 11.8 Å². The van der Waals surface area contributed by atoms with E-state index < -0.39 is 0 Å². The molecular weight excluding hydrogens is 184 g/mol. The zero-order valence-corrected chi connectivity index (χ0v) is 9.12. The van der Waals surface area contributed by atoms with Gasteiger partial charge in [0.05, 0.1) is 6.54 Å². The number of amides is 1.